The number of aromatic nitrogens is 3. The highest BCUT2D eigenvalue weighted by molar-refractivity contribution is 14.0. The minimum Gasteiger partial charge on any atom is -0.370 e. The first kappa shape index (κ1) is 18.4. The summed E-state index contributed by atoms with van der Waals surface area (Å²) in [5.74, 6) is 1.17. The van der Waals surface area contributed by atoms with Gasteiger partial charge in [0.05, 0.1) is 0 Å². The highest BCUT2D eigenvalue weighted by Crippen LogP contribution is 2.22. The Morgan fingerprint density at radius 3 is 2.41 bits per heavy atom. The van der Waals surface area contributed by atoms with Crippen LogP contribution in [0.3, 0.4) is 0 Å². The molecule has 120 valence electrons. The number of benzene rings is 1. The number of hydrogen-bond acceptors (Lipinski definition) is 3. The Bertz CT molecular complexity index is 612. The monoisotopic (exact) mass is 414 g/mol. The molecule has 0 saturated heterocycles. The molecule has 7 heteroatoms. The fourth-order valence-corrected chi connectivity index (χ4v) is 2.18. The number of aryl methyl sites for hydroxylation is 3. The summed E-state index contributed by atoms with van der Waals surface area (Å²) in [6.45, 7) is 4.67. The van der Waals surface area contributed by atoms with Gasteiger partial charge in [0.2, 0.25) is 0 Å². The van der Waals surface area contributed by atoms with E-state index >= 15 is 0 Å². The van der Waals surface area contributed by atoms with Crippen LogP contribution in [0.2, 0.25) is 0 Å². The van der Waals surface area contributed by atoms with E-state index < -0.39 is 0 Å². The second kappa shape index (κ2) is 8.72. The quantitative estimate of drug-likeness (QED) is 0.448. The van der Waals surface area contributed by atoms with Crippen LogP contribution in [0.5, 0.6) is 0 Å². The number of nitrogens with zero attached hydrogens (tertiary/aromatic N) is 4. The van der Waals surface area contributed by atoms with Gasteiger partial charge in [0.15, 0.2) is 11.8 Å². The van der Waals surface area contributed by atoms with Crippen molar-refractivity contribution in [1.82, 2.24) is 14.8 Å². The Morgan fingerprint density at radius 2 is 1.91 bits per heavy atom. The molecule has 1 heterocycles. The third kappa shape index (κ3) is 4.43. The van der Waals surface area contributed by atoms with Gasteiger partial charge < -0.3 is 15.6 Å². The van der Waals surface area contributed by atoms with Gasteiger partial charge in [-0.05, 0) is 24.0 Å². The van der Waals surface area contributed by atoms with E-state index in [4.69, 9.17) is 5.73 Å². The molecule has 0 saturated carbocycles. The van der Waals surface area contributed by atoms with Crippen molar-refractivity contribution in [2.24, 2.45) is 17.8 Å². The highest BCUT2D eigenvalue weighted by Gasteiger charge is 2.07. The zero-order valence-corrected chi connectivity index (χ0v) is 15.5. The lowest BCUT2D eigenvalue weighted by Crippen LogP contribution is -2.24. The number of nitrogens with one attached hydrogen (secondary N) is 1. The molecule has 22 heavy (non-hydrogen) atoms. The van der Waals surface area contributed by atoms with Gasteiger partial charge in [-0.2, -0.15) is 0 Å². The van der Waals surface area contributed by atoms with Crippen molar-refractivity contribution >= 4 is 35.6 Å². The van der Waals surface area contributed by atoms with Gasteiger partial charge in [-0.3, -0.25) is 0 Å². The minimum absolute atomic E-state index is 0. The zero-order valence-electron chi connectivity index (χ0n) is 13.2. The SMILES string of the molecule is CCc1cccc(CC)c1NC(N)=NCc1nncn1C.I. The van der Waals surface area contributed by atoms with E-state index in [-0.39, 0.29) is 24.0 Å². The average molecular weight is 414 g/mol. The summed E-state index contributed by atoms with van der Waals surface area (Å²) in [5.41, 5.74) is 9.56. The van der Waals surface area contributed by atoms with Gasteiger partial charge >= 0.3 is 0 Å². The van der Waals surface area contributed by atoms with Crippen molar-refractivity contribution < 1.29 is 0 Å². The molecule has 0 fully saturated rings. The lowest BCUT2D eigenvalue weighted by Gasteiger charge is -2.14. The van der Waals surface area contributed by atoms with E-state index in [9.17, 15) is 0 Å². The average Bonchev–Trinajstić information content (AvgIpc) is 2.90. The predicted octanol–water partition coefficient (Wildman–Crippen LogP) is 2.48. The number of anilines is 1. The summed E-state index contributed by atoms with van der Waals surface area (Å²) in [6, 6.07) is 6.30. The van der Waals surface area contributed by atoms with Crippen LogP contribution in [0, 0.1) is 0 Å². The Hall–Kier alpha value is -1.64. The minimum atomic E-state index is 0. The molecule has 1 aromatic carbocycles. The number of aliphatic imine (C=N–C) groups is 1. The molecular weight excluding hydrogens is 391 g/mol. The number of nitrogens with two attached hydrogens (primary N) is 1. The molecule has 0 unspecified atom stereocenters. The van der Waals surface area contributed by atoms with Crippen LogP contribution in [0.25, 0.3) is 0 Å². The Kier molecular flexibility index (Phi) is 7.30. The van der Waals surface area contributed by atoms with Crippen LogP contribution >= 0.6 is 24.0 Å². The number of guanidine groups is 1. The van der Waals surface area contributed by atoms with E-state index in [1.807, 2.05) is 11.6 Å². The largest absolute Gasteiger partial charge is 0.370 e. The zero-order chi connectivity index (χ0) is 15.2. The molecule has 0 aliphatic rings. The maximum Gasteiger partial charge on any atom is 0.193 e. The van der Waals surface area contributed by atoms with Crippen molar-refractivity contribution in [3.8, 4) is 0 Å². The van der Waals surface area contributed by atoms with E-state index in [1.54, 1.807) is 6.33 Å². The standard InChI is InChI=1S/C15H22N6.HI/c1-4-11-7-6-8-12(5-2)14(11)19-15(16)17-9-13-20-18-10-21(13)3;/h6-8,10H,4-5,9H2,1-3H3,(H3,16,17,19);1H. The molecule has 0 radical (unpaired) electrons. The number of rotatable bonds is 5. The molecule has 3 N–H and O–H groups in total. The molecule has 0 spiro atoms. The first-order valence-electron chi connectivity index (χ1n) is 7.16. The third-order valence-electron chi connectivity index (χ3n) is 3.45. The van der Waals surface area contributed by atoms with Crippen LogP contribution in [-0.4, -0.2) is 20.7 Å². The number of para-hydroxylation sites is 1. The Balaban J connectivity index is 0.00000242. The van der Waals surface area contributed by atoms with Crippen LogP contribution in [0.1, 0.15) is 30.8 Å². The van der Waals surface area contributed by atoms with Gasteiger partial charge in [-0.25, -0.2) is 4.99 Å². The molecule has 2 rings (SSSR count). The van der Waals surface area contributed by atoms with Crippen LogP contribution in [0.4, 0.5) is 5.69 Å². The lowest BCUT2D eigenvalue weighted by molar-refractivity contribution is 0.792. The van der Waals surface area contributed by atoms with E-state index in [0.717, 1.165) is 24.4 Å². The predicted molar refractivity (Wildman–Crippen MR) is 101 cm³/mol. The topological polar surface area (TPSA) is 81.1 Å². The van der Waals surface area contributed by atoms with Gasteiger partial charge in [-0.15, -0.1) is 34.2 Å². The fourth-order valence-electron chi connectivity index (χ4n) is 2.18. The highest BCUT2D eigenvalue weighted by atomic mass is 127. The summed E-state index contributed by atoms with van der Waals surface area (Å²) in [5, 5.41) is 11.0. The van der Waals surface area contributed by atoms with E-state index in [2.05, 4.69) is 52.6 Å². The molecule has 1 aromatic heterocycles. The molecule has 0 aliphatic carbocycles. The number of hydrogen-bond donors (Lipinski definition) is 2. The molecular formula is C15H23IN6. The smallest absolute Gasteiger partial charge is 0.193 e. The Morgan fingerprint density at radius 1 is 1.27 bits per heavy atom. The fraction of sp³-hybridized carbons (Fsp3) is 0.400. The number of halogens is 1. The van der Waals surface area contributed by atoms with Crippen molar-refractivity contribution in [3.05, 3.63) is 41.5 Å². The molecule has 6 nitrogen and oxygen atoms in total. The van der Waals surface area contributed by atoms with Crippen molar-refractivity contribution in [2.75, 3.05) is 5.32 Å². The molecule has 0 atom stereocenters. The molecule has 0 aliphatic heterocycles. The van der Waals surface area contributed by atoms with Crippen LogP contribution in [0.15, 0.2) is 29.5 Å². The van der Waals surface area contributed by atoms with Crippen molar-refractivity contribution in [2.45, 2.75) is 33.2 Å². The maximum atomic E-state index is 6.00. The van der Waals surface area contributed by atoms with Crippen LogP contribution < -0.4 is 11.1 Å². The van der Waals surface area contributed by atoms with Gasteiger partial charge in [0.25, 0.3) is 0 Å². The van der Waals surface area contributed by atoms with Crippen molar-refractivity contribution in [1.29, 1.82) is 0 Å². The molecule has 0 amide bonds. The molecule has 2 aromatic rings. The maximum absolute atomic E-state index is 6.00. The third-order valence-corrected chi connectivity index (χ3v) is 3.45. The van der Waals surface area contributed by atoms with Gasteiger partial charge in [0.1, 0.15) is 12.9 Å². The normalized spacial score (nSPS) is 11.1. The molecule has 0 bridgehead atoms. The summed E-state index contributed by atoms with van der Waals surface area (Å²) in [7, 11) is 1.88. The summed E-state index contributed by atoms with van der Waals surface area (Å²) >= 11 is 0. The first-order chi connectivity index (χ1) is 10.2. The first-order valence-corrected chi connectivity index (χ1v) is 7.16. The van der Waals surface area contributed by atoms with Crippen molar-refractivity contribution in [3.63, 3.8) is 0 Å². The van der Waals surface area contributed by atoms with Gasteiger partial charge in [0, 0.05) is 12.7 Å². The van der Waals surface area contributed by atoms with E-state index in [1.165, 1.54) is 11.1 Å². The summed E-state index contributed by atoms with van der Waals surface area (Å²) in [6.07, 6.45) is 3.55. The van der Waals surface area contributed by atoms with E-state index in [0.29, 0.717) is 12.5 Å². The second-order valence-electron chi connectivity index (χ2n) is 4.84. The lowest BCUT2D eigenvalue weighted by atomic mass is 10.0. The van der Waals surface area contributed by atoms with Crippen LogP contribution in [-0.2, 0) is 26.4 Å². The second-order valence-corrected chi connectivity index (χ2v) is 4.84. The Labute approximate surface area is 148 Å². The van der Waals surface area contributed by atoms with Gasteiger partial charge in [-0.1, -0.05) is 32.0 Å². The summed E-state index contributed by atoms with van der Waals surface area (Å²) in [4.78, 5) is 4.33. The summed E-state index contributed by atoms with van der Waals surface area (Å²) < 4.78 is 1.83.